The number of rotatable bonds is 6. The van der Waals surface area contributed by atoms with Crippen LogP contribution in [0.25, 0.3) is 28.3 Å². The van der Waals surface area contributed by atoms with Crippen LogP contribution in [0.4, 0.5) is 4.39 Å². The Bertz CT molecular complexity index is 1200. The molecule has 0 aliphatic rings. The van der Waals surface area contributed by atoms with E-state index in [-0.39, 0.29) is 5.02 Å². The van der Waals surface area contributed by atoms with Gasteiger partial charge < -0.3 is 10.3 Å². The summed E-state index contributed by atoms with van der Waals surface area (Å²) in [5, 5.41) is 4.65. The molecule has 3 heterocycles. The zero-order chi connectivity index (χ0) is 22.5. The second-order valence-electron chi connectivity index (χ2n) is 7.24. The van der Waals surface area contributed by atoms with Crippen LogP contribution in [0.5, 0.6) is 0 Å². The van der Waals surface area contributed by atoms with E-state index >= 15 is 0 Å². The van der Waals surface area contributed by atoms with Gasteiger partial charge in [-0.05, 0) is 49.7 Å². The highest BCUT2D eigenvalue weighted by molar-refractivity contribution is 6.31. The van der Waals surface area contributed by atoms with Gasteiger partial charge in [0.1, 0.15) is 17.2 Å². The molecule has 0 saturated heterocycles. The average molecular weight is 443 g/mol. The summed E-state index contributed by atoms with van der Waals surface area (Å²) in [6.45, 7) is 5.06. The monoisotopic (exact) mass is 442 g/mol. The summed E-state index contributed by atoms with van der Waals surface area (Å²) in [5.74, 6) is 0.0320. The number of aryl methyl sites for hydroxylation is 1. The van der Waals surface area contributed by atoms with Crippen molar-refractivity contribution >= 4 is 23.5 Å². The first-order chi connectivity index (χ1) is 15.0. The van der Waals surface area contributed by atoms with Crippen molar-refractivity contribution in [1.29, 1.82) is 0 Å². The van der Waals surface area contributed by atoms with E-state index in [0.717, 1.165) is 18.7 Å². The predicted octanol–water partition coefficient (Wildman–Crippen LogP) is 4.49. The number of aromatic nitrogens is 5. The van der Waals surface area contributed by atoms with Crippen molar-refractivity contribution in [2.45, 2.75) is 26.8 Å². The summed E-state index contributed by atoms with van der Waals surface area (Å²) < 4.78 is 17.2. The summed E-state index contributed by atoms with van der Waals surface area (Å²) >= 11 is 6.00. The van der Waals surface area contributed by atoms with Gasteiger partial charge in [0, 0.05) is 12.1 Å². The van der Waals surface area contributed by atoms with Crippen LogP contribution in [0, 0.1) is 11.7 Å². The molecule has 0 spiro atoms. The molecule has 7 nitrogen and oxygen atoms in total. The third kappa shape index (κ3) is 4.65. The molecule has 0 fully saturated rings. The van der Waals surface area contributed by atoms with E-state index < -0.39 is 5.82 Å². The highest BCUT2D eigenvalue weighted by Gasteiger charge is 2.19. The van der Waals surface area contributed by atoms with E-state index in [4.69, 9.17) is 11.6 Å². The van der Waals surface area contributed by atoms with Crippen molar-refractivity contribution in [1.82, 2.24) is 24.1 Å². The number of carbonyl (C=O) groups excluding carboxylic acids is 1. The average Bonchev–Trinajstić information content (AvgIpc) is 3.39. The number of halogens is 2. The molecule has 0 saturated carbocycles. The van der Waals surface area contributed by atoms with Gasteiger partial charge in [0.05, 0.1) is 28.9 Å². The number of hydrogen-bond acceptors (Lipinski definition) is 5. The van der Waals surface area contributed by atoms with Gasteiger partial charge in [-0.15, -0.1) is 0 Å². The lowest BCUT2D eigenvalue weighted by atomic mass is 10.1. The fourth-order valence-electron chi connectivity index (χ4n) is 3.17. The molecule has 31 heavy (non-hydrogen) atoms. The Morgan fingerprint density at radius 2 is 1.97 bits per heavy atom. The van der Waals surface area contributed by atoms with Crippen LogP contribution in [-0.2, 0) is 6.54 Å². The SMILES string of the molecule is CC(C)CCn1cnc(-c2ccc(F)c(Cl)c2)c1-c1ccc2ncc(C=O)n2n1.CN. The molecule has 162 valence electrons. The van der Waals surface area contributed by atoms with Crippen LogP contribution < -0.4 is 5.73 Å². The molecule has 2 N–H and O–H groups in total. The molecular formula is C22H24ClFN6O. The number of imidazole rings is 2. The fourth-order valence-corrected chi connectivity index (χ4v) is 3.35. The lowest BCUT2D eigenvalue weighted by molar-refractivity contribution is 0.111. The minimum absolute atomic E-state index is 0.0337. The van der Waals surface area contributed by atoms with Crippen molar-refractivity contribution in [3.8, 4) is 22.6 Å². The standard InChI is InChI=1S/C21H19ClFN5O.CH5N/c1-13(2)7-8-27-12-25-20(14-3-4-17(23)16(22)9-14)21(27)18-5-6-19-24-10-15(11-29)28(19)26-18;1-2/h3-6,9-13H,7-8H2,1-2H3;2H2,1H3. The maximum atomic E-state index is 13.7. The van der Waals surface area contributed by atoms with Gasteiger partial charge in [-0.2, -0.15) is 5.10 Å². The van der Waals surface area contributed by atoms with E-state index in [0.29, 0.717) is 40.5 Å². The first kappa shape index (κ1) is 22.6. The van der Waals surface area contributed by atoms with E-state index in [2.05, 4.69) is 34.6 Å². The van der Waals surface area contributed by atoms with Gasteiger partial charge in [-0.1, -0.05) is 25.4 Å². The molecule has 4 aromatic rings. The van der Waals surface area contributed by atoms with Crippen molar-refractivity contribution in [2.75, 3.05) is 7.05 Å². The van der Waals surface area contributed by atoms with Gasteiger partial charge in [-0.3, -0.25) is 4.79 Å². The number of carbonyl (C=O) groups is 1. The predicted molar refractivity (Wildman–Crippen MR) is 120 cm³/mol. The third-order valence-corrected chi connectivity index (χ3v) is 5.02. The maximum absolute atomic E-state index is 13.7. The molecule has 0 unspecified atom stereocenters. The minimum Gasteiger partial charge on any atom is -0.333 e. The normalized spacial score (nSPS) is 10.9. The van der Waals surface area contributed by atoms with Gasteiger partial charge >= 0.3 is 0 Å². The Morgan fingerprint density at radius 1 is 1.19 bits per heavy atom. The number of nitrogens with two attached hydrogens (primary N) is 1. The number of nitrogens with zero attached hydrogens (tertiary/aromatic N) is 5. The molecule has 3 aromatic heterocycles. The molecule has 4 rings (SSSR count). The molecule has 0 bridgehead atoms. The molecule has 0 radical (unpaired) electrons. The zero-order valence-electron chi connectivity index (χ0n) is 17.6. The van der Waals surface area contributed by atoms with Crippen molar-refractivity contribution < 1.29 is 9.18 Å². The van der Waals surface area contributed by atoms with Crippen LogP contribution in [0.1, 0.15) is 30.8 Å². The first-order valence-corrected chi connectivity index (χ1v) is 10.2. The Hall–Kier alpha value is -3.10. The van der Waals surface area contributed by atoms with Crippen molar-refractivity contribution in [3.63, 3.8) is 0 Å². The quantitative estimate of drug-likeness (QED) is 0.444. The molecule has 0 aliphatic carbocycles. The molecule has 0 aliphatic heterocycles. The van der Waals surface area contributed by atoms with Crippen LogP contribution in [0.2, 0.25) is 5.02 Å². The summed E-state index contributed by atoms with van der Waals surface area (Å²) in [4.78, 5) is 20.1. The zero-order valence-corrected chi connectivity index (χ0v) is 18.3. The molecular weight excluding hydrogens is 419 g/mol. The smallest absolute Gasteiger partial charge is 0.170 e. The van der Waals surface area contributed by atoms with Gasteiger partial charge in [0.25, 0.3) is 0 Å². The summed E-state index contributed by atoms with van der Waals surface area (Å²) in [6.07, 6.45) is 4.91. The largest absolute Gasteiger partial charge is 0.333 e. The minimum atomic E-state index is -0.482. The van der Waals surface area contributed by atoms with E-state index in [1.807, 2.05) is 10.6 Å². The first-order valence-electron chi connectivity index (χ1n) is 9.86. The number of hydrogen-bond donors (Lipinski definition) is 1. The maximum Gasteiger partial charge on any atom is 0.170 e. The number of fused-ring (bicyclic) bond motifs is 1. The Balaban J connectivity index is 0.00000132. The van der Waals surface area contributed by atoms with Crippen LogP contribution in [-0.4, -0.2) is 37.5 Å². The van der Waals surface area contributed by atoms with Crippen LogP contribution in [0.15, 0.2) is 42.9 Å². The van der Waals surface area contributed by atoms with E-state index in [1.165, 1.54) is 23.8 Å². The summed E-state index contributed by atoms with van der Waals surface area (Å²) in [7, 11) is 1.50. The highest BCUT2D eigenvalue weighted by atomic mass is 35.5. The second kappa shape index (κ2) is 9.80. The number of benzene rings is 1. The topological polar surface area (TPSA) is 91.1 Å². The molecule has 9 heteroatoms. The lowest BCUT2D eigenvalue weighted by Gasteiger charge is -2.12. The second-order valence-corrected chi connectivity index (χ2v) is 7.64. The summed E-state index contributed by atoms with van der Waals surface area (Å²) in [5.41, 5.74) is 8.20. The van der Waals surface area contributed by atoms with Crippen molar-refractivity contribution in [3.05, 3.63) is 59.4 Å². The molecule has 1 aromatic carbocycles. The van der Waals surface area contributed by atoms with Crippen molar-refractivity contribution in [2.24, 2.45) is 11.7 Å². The van der Waals surface area contributed by atoms with Gasteiger partial charge in [0.2, 0.25) is 0 Å². The summed E-state index contributed by atoms with van der Waals surface area (Å²) in [6, 6.07) is 8.17. The fraction of sp³-hybridized carbons (Fsp3) is 0.273. The lowest BCUT2D eigenvalue weighted by Crippen LogP contribution is -2.05. The van der Waals surface area contributed by atoms with Gasteiger partial charge in [-0.25, -0.2) is 18.9 Å². The molecule has 0 atom stereocenters. The Kier molecular flexibility index (Phi) is 7.14. The van der Waals surface area contributed by atoms with Crippen LogP contribution >= 0.6 is 11.6 Å². The van der Waals surface area contributed by atoms with E-state index in [9.17, 15) is 9.18 Å². The third-order valence-electron chi connectivity index (χ3n) is 4.73. The Labute approximate surface area is 184 Å². The van der Waals surface area contributed by atoms with Gasteiger partial charge in [0.15, 0.2) is 11.9 Å². The van der Waals surface area contributed by atoms with E-state index in [1.54, 1.807) is 24.5 Å². The number of aldehydes is 1. The Morgan fingerprint density at radius 3 is 2.65 bits per heavy atom. The molecule has 0 amide bonds. The highest BCUT2D eigenvalue weighted by Crippen LogP contribution is 2.32. The van der Waals surface area contributed by atoms with Crippen LogP contribution in [0.3, 0.4) is 0 Å².